The lowest BCUT2D eigenvalue weighted by atomic mass is 9.79. The highest BCUT2D eigenvalue weighted by Gasteiger charge is 2.20. The molecule has 2 heteroatoms. The molecule has 0 amide bonds. The van der Waals surface area contributed by atoms with Crippen molar-refractivity contribution < 1.29 is 4.79 Å². The molecule has 0 fully saturated rings. The highest BCUT2D eigenvalue weighted by Crippen LogP contribution is 2.39. The molecule has 2 aliphatic carbocycles. The lowest BCUT2D eigenvalue weighted by molar-refractivity contribution is 0.112. The molecule has 0 spiro atoms. The molecule has 3 aromatic carbocycles. The molecule has 0 aliphatic heterocycles. The number of aryl methyl sites for hydroxylation is 2. The normalized spacial score (nSPS) is 14.6. The second kappa shape index (κ2) is 8.31. The van der Waals surface area contributed by atoms with Gasteiger partial charge in [0, 0.05) is 17.1 Å². The third-order valence-electron chi connectivity index (χ3n) is 6.34. The fourth-order valence-corrected chi connectivity index (χ4v) is 4.78. The van der Waals surface area contributed by atoms with E-state index in [9.17, 15) is 4.79 Å². The fourth-order valence-electron chi connectivity index (χ4n) is 4.78. The Kier molecular flexibility index (Phi) is 5.21. The van der Waals surface area contributed by atoms with Crippen LogP contribution in [-0.2, 0) is 6.42 Å². The number of aldehydes is 1. The van der Waals surface area contributed by atoms with Gasteiger partial charge >= 0.3 is 0 Å². The molecule has 2 nitrogen and oxygen atoms in total. The van der Waals surface area contributed by atoms with Crippen LogP contribution >= 0.6 is 0 Å². The number of carbonyl (C=O) groups excluding carboxylic acids is 1. The van der Waals surface area contributed by atoms with Crippen molar-refractivity contribution in [3.63, 3.8) is 0 Å². The predicted molar refractivity (Wildman–Crippen MR) is 129 cm³/mol. The van der Waals surface area contributed by atoms with Crippen LogP contribution in [-0.4, -0.2) is 11.3 Å². The van der Waals surface area contributed by atoms with Crippen LogP contribution in [0.1, 0.15) is 46.3 Å². The first-order valence-corrected chi connectivity index (χ1v) is 10.9. The van der Waals surface area contributed by atoms with Gasteiger partial charge in [-0.1, -0.05) is 71.8 Å². The maximum atomic E-state index is 10.6. The largest absolute Gasteiger partial charge is 0.298 e. The van der Waals surface area contributed by atoms with Crippen LogP contribution in [0.4, 0.5) is 0 Å². The maximum Gasteiger partial charge on any atom is 0.150 e. The number of fused-ring (bicyclic) bond motifs is 5. The van der Waals surface area contributed by atoms with Gasteiger partial charge in [-0.2, -0.15) is 0 Å². The van der Waals surface area contributed by atoms with Gasteiger partial charge in [0.1, 0.15) is 0 Å². The number of aromatic nitrogens is 1. The highest BCUT2D eigenvalue weighted by molar-refractivity contribution is 5.96. The molecule has 2 aliphatic rings. The van der Waals surface area contributed by atoms with Crippen LogP contribution in [0.25, 0.3) is 27.2 Å². The Labute approximate surface area is 182 Å². The first kappa shape index (κ1) is 19.4. The van der Waals surface area contributed by atoms with Crippen LogP contribution in [0.15, 0.2) is 84.6 Å². The van der Waals surface area contributed by atoms with Crippen molar-refractivity contribution in [2.75, 3.05) is 0 Å². The standard InChI is InChI=1S/C19H18.C10H7NO/c1-13-6-9-17-15(12-13)8-11-18-16-5-3-2-4-14(16)7-10-19(17)18;12-7-8-5-6-11-10-4-2-1-3-9(8)10/h3,5-6,8-9,11-12H,2,4,7,10H2,1H3;1-7H. The molecule has 0 radical (unpaired) electrons. The number of nitrogens with zero attached hydrogens (tertiary/aromatic N) is 1. The smallest absolute Gasteiger partial charge is 0.150 e. The Morgan fingerprint density at radius 2 is 1.81 bits per heavy atom. The number of hydrogen-bond donors (Lipinski definition) is 0. The third-order valence-corrected chi connectivity index (χ3v) is 6.34. The molecule has 0 bridgehead atoms. The molecular formula is C29H25NO. The minimum Gasteiger partial charge on any atom is -0.298 e. The van der Waals surface area contributed by atoms with Crippen molar-refractivity contribution in [3.8, 4) is 0 Å². The van der Waals surface area contributed by atoms with E-state index in [1.54, 1.807) is 23.4 Å². The number of para-hydroxylation sites is 1. The zero-order chi connectivity index (χ0) is 21.2. The zero-order valence-electron chi connectivity index (χ0n) is 17.8. The number of allylic oxidation sites excluding steroid dienone is 4. The number of hydrogen-bond acceptors (Lipinski definition) is 2. The van der Waals surface area contributed by atoms with Crippen LogP contribution in [0.5, 0.6) is 0 Å². The van der Waals surface area contributed by atoms with Crippen LogP contribution in [0.2, 0.25) is 0 Å². The van der Waals surface area contributed by atoms with E-state index in [0.29, 0.717) is 5.56 Å². The van der Waals surface area contributed by atoms with Crippen LogP contribution in [0.3, 0.4) is 0 Å². The average molecular weight is 404 g/mol. The summed E-state index contributed by atoms with van der Waals surface area (Å²) in [5, 5.41) is 3.76. The average Bonchev–Trinajstić information content (AvgIpc) is 2.83. The van der Waals surface area contributed by atoms with E-state index >= 15 is 0 Å². The monoisotopic (exact) mass is 403 g/mol. The fraction of sp³-hybridized carbons (Fsp3) is 0.172. The Morgan fingerprint density at radius 1 is 0.903 bits per heavy atom. The van der Waals surface area contributed by atoms with Gasteiger partial charge in [0.15, 0.2) is 6.29 Å². The van der Waals surface area contributed by atoms with Gasteiger partial charge in [0.2, 0.25) is 0 Å². The van der Waals surface area contributed by atoms with Gasteiger partial charge in [-0.15, -0.1) is 0 Å². The Morgan fingerprint density at radius 3 is 2.71 bits per heavy atom. The lowest BCUT2D eigenvalue weighted by Gasteiger charge is -2.25. The topological polar surface area (TPSA) is 30.0 Å². The molecule has 0 saturated heterocycles. The molecule has 0 unspecified atom stereocenters. The second-order valence-corrected chi connectivity index (χ2v) is 8.31. The molecule has 6 rings (SSSR count). The number of benzene rings is 3. The molecular weight excluding hydrogens is 378 g/mol. The summed E-state index contributed by atoms with van der Waals surface area (Å²) in [5.41, 5.74) is 9.12. The van der Waals surface area contributed by atoms with Crippen molar-refractivity contribution >= 4 is 33.5 Å². The van der Waals surface area contributed by atoms with Crippen molar-refractivity contribution in [2.24, 2.45) is 0 Å². The van der Waals surface area contributed by atoms with E-state index in [-0.39, 0.29) is 0 Å². The van der Waals surface area contributed by atoms with Gasteiger partial charge < -0.3 is 0 Å². The predicted octanol–water partition coefficient (Wildman–Crippen LogP) is 7.25. The molecule has 0 atom stereocenters. The Balaban J connectivity index is 0.000000147. The summed E-state index contributed by atoms with van der Waals surface area (Å²) in [7, 11) is 0. The molecule has 31 heavy (non-hydrogen) atoms. The van der Waals surface area contributed by atoms with Crippen molar-refractivity contribution in [1.29, 1.82) is 0 Å². The Hall–Kier alpha value is -3.52. The first-order chi connectivity index (χ1) is 15.2. The molecule has 1 aromatic heterocycles. The summed E-state index contributed by atoms with van der Waals surface area (Å²) in [6.45, 7) is 2.17. The molecule has 0 N–H and O–H groups in total. The molecule has 1 heterocycles. The van der Waals surface area contributed by atoms with Gasteiger partial charge in [0.25, 0.3) is 0 Å². The van der Waals surface area contributed by atoms with E-state index in [0.717, 1.165) is 17.2 Å². The molecule has 4 aromatic rings. The van der Waals surface area contributed by atoms with E-state index in [1.165, 1.54) is 53.2 Å². The van der Waals surface area contributed by atoms with Crippen LogP contribution in [0, 0.1) is 6.92 Å². The van der Waals surface area contributed by atoms with Gasteiger partial charge in [-0.3, -0.25) is 9.78 Å². The maximum absolute atomic E-state index is 10.6. The van der Waals surface area contributed by atoms with E-state index in [4.69, 9.17) is 0 Å². The molecule has 152 valence electrons. The minimum absolute atomic E-state index is 0.695. The summed E-state index contributed by atoms with van der Waals surface area (Å²) in [6.07, 6.45) is 12.1. The summed E-state index contributed by atoms with van der Waals surface area (Å²) in [6, 6.07) is 20.8. The van der Waals surface area contributed by atoms with Gasteiger partial charge in [0.05, 0.1) is 5.52 Å². The van der Waals surface area contributed by atoms with E-state index in [1.807, 2.05) is 24.3 Å². The van der Waals surface area contributed by atoms with Crippen molar-refractivity contribution in [2.45, 2.75) is 32.6 Å². The number of rotatable bonds is 1. The lowest BCUT2D eigenvalue weighted by Crippen LogP contribution is -2.07. The van der Waals surface area contributed by atoms with E-state index < -0.39 is 0 Å². The van der Waals surface area contributed by atoms with Crippen molar-refractivity contribution in [3.05, 3.63) is 107 Å². The summed E-state index contributed by atoms with van der Waals surface area (Å²) in [4.78, 5) is 14.7. The zero-order valence-corrected chi connectivity index (χ0v) is 17.8. The summed E-state index contributed by atoms with van der Waals surface area (Å²) in [5.74, 6) is 0. The SMILES string of the molecule is Cc1ccc2c3c(ccc2c1)C1=C(CCC=C1)CC3.O=Cc1ccnc2ccccc12. The van der Waals surface area contributed by atoms with Crippen molar-refractivity contribution in [1.82, 2.24) is 4.98 Å². The van der Waals surface area contributed by atoms with E-state index in [2.05, 4.69) is 54.4 Å². The summed E-state index contributed by atoms with van der Waals surface area (Å²) >= 11 is 0. The quantitative estimate of drug-likeness (QED) is 0.313. The van der Waals surface area contributed by atoms with Gasteiger partial charge in [-0.05, 0) is 72.2 Å². The third kappa shape index (κ3) is 3.70. The summed E-state index contributed by atoms with van der Waals surface area (Å²) < 4.78 is 0. The Bertz CT molecular complexity index is 1350. The minimum atomic E-state index is 0.695. The number of carbonyl (C=O) groups is 1. The number of pyridine rings is 1. The van der Waals surface area contributed by atoms with Gasteiger partial charge in [-0.25, -0.2) is 0 Å². The molecule has 0 saturated carbocycles. The highest BCUT2D eigenvalue weighted by atomic mass is 16.1. The second-order valence-electron chi connectivity index (χ2n) is 8.31. The first-order valence-electron chi connectivity index (χ1n) is 10.9. The van der Waals surface area contributed by atoms with Crippen LogP contribution < -0.4 is 0 Å².